The van der Waals surface area contributed by atoms with Crippen molar-refractivity contribution >= 4 is 5.91 Å². The highest BCUT2D eigenvalue weighted by Crippen LogP contribution is 2.23. The van der Waals surface area contributed by atoms with E-state index in [0.717, 1.165) is 22.4 Å². The van der Waals surface area contributed by atoms with Crippen molar-refractivity contribution in [1.82, 2.24) is 5.32 Å². The number of hydrogen-bond donors (Lipinski definition) is 1. The standard InChI is InChI=1S/C21H21NO3/c1-15-8-6-11-18(16(15)2)25-14-20(23)22-21(19-12-7-13-24-19)17-9-4-3-5-10-17/h3-13,21H,14H2,1-2H3,(H,22,23)/t21-/m1/s1. The molecule has 0 radical (unpaired) electrons. The summed E-state index contributed by atoms with van der Waals surface area (Å²) in [6.07, 6.45) is 1.60. The number of benzene rings is 2. The van der Waals surface area contributed by atoms with Gasteiger partial charge in [0.1, 0.15) is 17.6 Å². The Hall–Kier alpha value is -3.01. The predicted octanol–water partition coefficient (Wildman–Crippen LogP) is 4.18. The monoisotopic (exact) mass is 335 g/mol. The van der Waals surface area contributed by atoms with Gasteiger partial charge in [0.05, 0.1) is 6.26 Å². The number of carbonyl (C=O) groups is 1. The number of carbonyl (C=O) groups excluding carboxylic acids is 1. The van der Waals surface area contributed by atoms with Crippen molar-refractivity contribution in [2.24, 2.45) is 0 Å². The largest absolute Gasteiger partial charge is 0.483 e. The van der Waals surface area contributed by atoms with Gasteiger partial charge in [-0.3, -0.25) is 4.79 Å². The fraction of sp³-hybridized carbons (Fsp3) is 0.190. The molecule has 0 unspecified atom stereocenters. The highest BCUT2D eigenvalue weighted by atomic mass is 16.5. The molecule has 3 aromatic rings. The van der Waals surface area contributed by atoms with Crippen LogP contribution in [0.2, 0.25) is 0 Å². The second kappa shape index (κ2) is 7.71. The molecule has 0 saturated heterocycles. The first-order valence-electron chi connectivity index (χ1n) is 8.22. The SMILES string of the molecule is Cc1cccc(OCC(=O)N[C@H](c2ccccc2)c2ccco2)c1C. The lowest BCUT2D eigenvalue weighted by molar-refractivity contribution is -0.123. The minimum Gasteiger partial charge on any atom is -0.483 e. The van der Waals surface area contributed by atoms with E-state index in [0.29, 0.717) is 5.76 Å². The minimum atomic E-state index is -0.342. The van der Waals surface area contributed by atoms with E-state index >= 15 is 0 Å². The molecule has 0 saturated carbocycles. The Labute approximate surface area is 147 Å². The molecular weight excluding hydrogens is 314 g/mol. The van der Waals surface area contributed by atoms with Crippen LogP contribution in [0.1, 0.15) is 28.5 Å². The maximum atomic E-state index is 12.4. The maximum Gasteiger partial charge on any atom is 0.258 e. The summed E-state index contributed by atoms with van der Waals surface area (Å²) in [5, 5.41) is 2.98. The first-order chi connectivity index (χ1) is 12.1. The highest BCUT2D eigenvalue weighted by Gasteiger charge is 2.19. The Morgan fingerprint density at radius 2 is 1.84 bits per heavy atom. The van der Waals surface area contributed by atoms with Gasteiger partial charge in [-0.25, -0.2) is 0 Å². The van der Waals surface area contributed by atoms with Crippen LogP contribution in [-0.2, 0) is 4.79 Å². The topological polar surface area (TPSA) is 51.5 Å². The molecule has 0 bridgehead atoms. The summed E-state index contributed by atoms with van der Waals surface area (Å²) in [7, 11) is 0. The summed E-state index contributed by atoms with van der Waals surface area (Å²) in [5.74, 6) is 1.21. The van der Waals surface area contributed by atoms with Gasteiger partial charge in [0.2, 0.25) is 0 Å². The van der Waals surface area contributed by atoms with Crippen LogP contribution in [0.5, 0.6) is 5.75 Å². The van der Waals surface area contributed by atoms with Crippen LogP contribution in [0, 0.1) is 13.8 Å². The van der Waals surface area contributed by atoms with E-state index in [1.807, 2.05) is 74.5 Å². The smallest absolute Gasteiger partial charge is 0.258 e. The van der Waals surface area contributed by atoms with E-state index in [9.17, 15) is 4.79 Å². The Bertz CT molecular complexity index is 826. The molecule has 4 heteroatoms. The van der Waals surface area contributed by atoms with E-state index in [4.69, 9.17) is 9.15 Å². The molecule has 0 aliphatic heterocycles. The van der Waals surface area contributed by atoms with Crippen molar-refractivity contribution < 1.29 is 13.9 Å². The summed E-state index contributed by atoms with van der Waals surface area (Å²) in [4.78, 5) is 12.4. The second-order valence-electron chi connectivity index (χ2n) is 5.91. The van der Waals surface area contributed by atoms with Crippen LogP contribution >= 0.6 is 0 Å². The molecular formula is C21H21NO3. The number of nitrogens with one attached hydrogen (secondary N) is 1. The number of aryl methyl sites for hydroxylation is 1. The van der Waals surface area contributed by atoms with Crippen LogP contribution < -0.4 is 10.1 Å². The number of amides is 1. The van der Waals surface area contributed by atoms with E-state index in [1.54, 1.807) is 6.26 Å². The van der Waals surface area contributed by atoms with E-state index < -0.39 is 0 Å². The maximum absolute atomic E-state index is 12.4. The van der Waals surface area contributed by atoms with Gasteiger partial charge in [-0.1, -0.05) is 42.5 Å². The quantitative estimate of drug-likeness (QED) is 0.735. The van der Waals surface area contributed by atoms with E-state index in [-0.39, 0.29) is 18.6 Å². The molecule has 3 rings (SSSR count). The fourth-order valence-electron chi connectivity index (χ4n) is 2.65. The lowest BCUT2D eigenvalue weighted by Gasteiger charge is -2.18. The summed E-state index contributed by atoms with van der Waals surface area (Å²) in [5.41, 5.74) is 3.13. The zero-order valence-electron chi connectivity index (χ0n) is 14.4. The predicted molar refractivity (Wildman–Crippen MR) is 96.5 cm³/mol. The lowest BCUT2D eigenvalue weighted by Crippen LogP contribution is -2.33. The normalized spacial score (nSPS) is 11.8. The molecule has 0 fully saturated rings. The lowest BCUT2D eigenvalue weighted by atomic mass is 10.0. The van der Waals surface area contributed by atoms with Crippen molar-refractivity contribution in [3.63, 3.8) is 0 Å². The second-order valence-corrected chi connectivity index (χ2v) is 5.91. The minimum absolute atomic E-state index is 0.0473. The highest BCUT2D eigenvalue weighted by molar-refractivity contribution is 5.78. The molecule has 1 atom stereocenters. The van der Waals surface area contributed by atoms with Crippen LogP contribution in [0.15, 0.2) is 71.3 Å². The molecule has 1 amide bonds. The van der Waals surface area contributed by atoms with Crippen molar-refractivity contribution in [2.75, 3.05) is 6.61 Å². The summed E-state index contributed by atoms with van der Waals surface area (Å²) in [6.45, 7) is 3.96. The third-order valence-corrected chi connectivity index (χ3v) is 4.18. The Morgan fingerprint density at radius 1 is 1.04 bits per heavy atom. The van der Waals surface area contributed by atoms with Gasteiger partial charge in [-0.15, -0.1) is 0 Å². The molecule has 0 aliphatic rings. The third kappa shape index (κ3) is 4.10. The van der Waals surface area contributed by atoms with Gasteiger partial charge in [-0.05, 0) is 48.7 Å². The Morgan fingerprint density at radius 3 is 2.56 bits per heavy atom. The number of rotatable bonds is 6. The molecule has 25 heavy (non-hydrogen) atoms. The summed E-state index contributed by atoms with van der Waals surface area (Å²) < 4.78 is 11.2. The van der Waals surface area contributed by atoms with Crippen LogP contribution in [0.25, 0.3) is 0 Å². The van der Waals surface area contributed by atoms with Gasteiger partial charge in [-0.2, -0.15) is 0 Å². The van der Waals surface area contributed by atoms with Gasteiger partial charge in [0.25, 0.3) is 5.91 Å². The van der Waals surface area contributed by atoms with Crippen LogP contribution in [0.3, 0.4) is 0 Å². The summed E-state index contributed by atoms with van der Waals surface area (Å²) >= 11 is 0. The van der Waals surface area contributed by atoms with Crippen LogP contribution in [-0.4, -0.2) is 12.5 Å². The molecule has 128 valence electrons. The average molecular weight is 335 g/mol. The summed E-state index contributed by atoms with van der Waals surface area (Å²) in [6, 6.07) is 18.9. The molecule has 4 nitrogen and oxygen atoms in total. The Kier molecular flexibility index (Phi) is 5.19. The molecule has 1 heterocycles. The van der Waals surface area contributed by atoms with Gasteiger partial charge in [0.15, 0.2) is 6.61 Å². The Balaban J connectivity index is 1.70. The van der Waals surface area contributed by atoms with E-state index in [2.05, 4.69) is 5.32 Å². The van der Waals surface area contributed by atoms with Crippen molar-refractivity contribution in [1.29, 1.82) is 0 Å². The number of furan rings is 1. The van der Waals surface area contributed by atoms with Gasteiger partial charge < -0.3 is 14.5 Å². The molecule has 0 aliphatic carbocycles. The number of ether oxygens (including phenoxy) is 1. The van der Waals surface area contributed by atoms with Gasteiger partial charge in [0, 0.05) is 0 Å². The first kappa shape index (κ1) is 16.8. The average Bonchev–Trinajstić information content (AvgIpc) is 3.16. The van der Waals surface area contributed by atoms with Crippen molar-refractivity contribution in [3.8, 4) is 5.75 Å². The third-order valence-electron chi connectivity index (χ3n) is 4.18. The first-order valence-corrected chi connectivity index (χ1v) is 8.22. The molecule has 2 aromatic carbocycles. The fourth-order valence-corrected chi connectivity index (χ4v) is 2.65. The number of hydrogen-bond acceptors (Lipinski definition) is 3. The van der Waals surface area contributed by atoms with Gasteiger partial charge >= 0.3 is 0 Å². The van der Waals surface area contributed by atoms with Crippen molar-refractivity contribution in [3.05, 3.63) is 89.4 Å². The van der Waals surface area contributed by atoms with E-state index in [1.165, 1.54) is 0 Å². The van der Waals surface area contributed by atoms with Crippen molar-refractivity contribution in [2.45, 2.75) is 19.9 Å². The zero-order chi connectivity index (χ0) is 17.6. The molecule has 1 N–H and O–H groups in total. The molecule has 0 spiro atoms. The van der Waals surface area contributed by atoms with Crippen LogP contribution in [0.4, 0.5) is 0 Å². The zero-order valence-corrected chi connectivity index (χ0v) is 14.4. The molecule has 1 aromatic heterocycles.